The third kappa shape index (κ3) is 3.72. The molecule has 0 radical (unpaired) electrons. The summed E-state index contributed by atoms with van der Waals surface area (Å²) in [6, 6.07) is 10.6. The van der Waals surface area contributed by atoms with Crippen LogP contribution < -0.4 is 5.32 Å². The van der Waals surface area contributed by atoms with Gasteiger partial charge in [0.1, 0.15) is 11.6 Å². The Morgan fingerprint density at radius 1 is 1.10 bits per heavy atom. The SMILES string of the molecule is CC1=C(C(=O)Nc2ccccn2)C(c2cccc(Cl)c2Cl)C2C(=O)CCCC2=N1. The van der Waals surface area contributed by atoms with E-state index in [0.717, 1.165) is 18.6 Å². The van der Waals surface area contributed by atoms with E-state index in [4.69, 9.17) is 23.2 Å². The zero-order valence-electron chi connectivity index (χ0n) is 15.8. The molecular weight excluding hydrogens is 409 g/mol. The molecule has 0 saturated heterocycles. The van der Waals surface area contributed by atoms with Crippen molar-refractivity contribution >= 4 is 46.4 Å². The van der Waals surface area contributed by atoms with Crippen LogP contribution in [0, 0.1) is 5.92 Å². The zero-order chi connectivity index (χ0) is 20.5. The van der Waals surface area contributed by atoms with Crippen molar-refractivity contribution < 1.29 is 9.59 Å². The Kier molecular flexibility index (Phi) is 5.52. The van der Waals surface area contributed by atoms with E-state index in [2.05, 4.69) is 15.3 Å². The van der Waals surface area contributed by atoms with Crippen LogP contribution in [0.4, 0.5) is 5.82 Å². The van der Waals surface area contributed by atoms with Gasteiger partial charge >= 0.3 is 0 Å². The number of nitrogens with one attached hydrogen (secondary N) is 1. The van der Waals surface area contributed by atoms with E-state index in [1.54, 1.807) is 43.5 Å². The lowest BCUT2D eigenvalue weighted by Gasteiger charge is -2.36. The molecule has 1 aromatic heterocycles. The van der Waals surface area contributed by atoms with Crippen LogP contribution >= 0.6 is 23.2 Å². The molecule has 2 atom stereocenters. The molecule has 29 heavy (non-hydrogen) atoms. The van der Waals surface area contributed by atoms with Gasteiger partial charge in [0, 0.05) is 35.5 Å². The van der Waals surface area contributed by atoms with Gasteiger partial charge in [0.05, 0.1) is 16.0 Å². The molecule has 1 N–H and O–H groups in total. The fourth-order valence-electron chi connectivity index (χ4n) is 4.13. The minimum Gasteiger partial charge on any atom is -0.307 e. The molecule has 2 aliphatic rings. The number of aliphatic imine (C=N–C) groups is 1. The Morgan fingerprint density at radius 3 is 2.69 bits per heavy atom. The van der Waals surface area contributed by atoms with Gasteiger partial charge in [-0.2, -0.15) is 0 Å². The van der Waals surface area contributed by atoms with Crippen LogP contribution in [0.15, 0.2) is 58.9 Å². The normalized spacial score (nSPS) is 21.5. The smallest absolute Gasteiger partial charge is 0.255 e. The minimum atomic E-state index is -0.537. The van der Waals surface area contributed by atoms with Crippen molar-refractivity contribution in [2.75, 3.05) is 5.32 Å². The predicted molar refractivity (Wildman–Crippen MR) is 115 cm³/mol. The van der Waals surface area contributed by atoms with E-state index in [0.29, 0.717) is 39.1 Å². The topological polar surface area (TPSA) is 71.4 Å². The van der Waals surface area contributed by atoms with E-state index in [1.165, 1.54) is 0 Å². The Bertz CT molecular complexity index is 1050. The summed E-state index contributed by atoms with van der Waals surface area (Å²) in [5, 5.41) is 3.57. The molecule has 1 fully saturated rings. The molecule has 1 aliphatic heterocycles. The first kappa shape index (κ1) is 19.8. The second-order valence-electron chi connectivity index (χ2n) is 7.19. The number of aromatic nitrogens is 1. The molecule has 4 rings (SSSR count). The number of ketones is 1. The summed E-state index contributed by atoms with van der Waals surface area (Å²) >= 11 is 12.8. The molecule has 2 unspecified atom stereocenters. The highest BCUT2D eigenvalue weighted by molar-refractivity contribution is 6.42. The molecule has 7 heteroatoms. The third-order valence-electron chi connectivity index (χ3n) is 5.38. The minimum absolute atomic E-state index is 0.0756. The number of benzene rings is 1. The Balaban J connectivity index is 1.84. The quantitative estimate of drug-likeness (QED) is 0.730. The number of allylic oxidation sites excluding steroid dienone is 1. The lowest BCUT2D eigenvalue weighted by atomic mass is 9.69. The van der Waals surface area contributed by atoms with E-state index in [1.807, 2.05) is 6.07 Å². The molecule has 0 bridgehead atoms. The number of carbonyl (C=O) groups excluding carboxylic acids is 2. The molecular formula is C22H19Cl2N3O2. The third-order valence-corrected chi connectivity index (χ3v) is 6.21. The number of carbonyl (C=O) groups is 2. The molecule has 5 nitrogen and oxygen atoms in total. The summed E-state index contributed by atoms with van der Waals surface area (Å²) < 4.78 is 0. The Morgan fingerprint density at radius 2 is 1.93 bits per heavy atom. The van der Waals surface area contributed by atoms with Gasteiger partial charge in [-0.1, -0.05) is 41.4 Å². The summed E-state index contributed by atoms with van der Waals surface area (Å²) in [7, 11) is 0. The highest BCUT2D eigenvalue weighted by atomic mass is 35.5. The lowest BCUT2D eigenvalue weighted by Crippen LogP contribution is -2.39. The highest BCUT2D eigenvalue weighted by Crippen LogP contribution is 2.46. The van der Waals surface area contributed by atoms with Crippen LogP contribution in [-0.4, -0.2) is 22.4 Å². The lowest BCUT2D eigenvalue weighted by molar-refractivity contribution is -0.122. The van der Waals surface area contributed by atoms with Gasteiger partial charge in [0.25, 0.3) is 5.91 Å². The number of hydrogen-bond acceptors (Lipinski definition) is 4. The second-order valence-corrected chi connectivity index (χ2v) is 7.97. The maximum atomic E-state index is 13.3. The van der Waals surface area contributed by atoms with Crippen molar-refractivity contribution in [3.63, 3.8) is 0 Å². The number of rotatable bonds is 3. The van der Waals surface area contributed by atoms with Crippen LogP contribution in [0.25, 0.3) is 0 Å². The fourth-order valence-corrected chi connectivity index (χ4v) is 4.56. The van der Waals surface area contributed by atoms with Crippen LogP contribution in [0.3, 0.4) is 0 Å². The summed E-state index contributed by atoms with van der Waals surface area (Å²) in [4.78, 5) is 35.0. The van der Waals surface area contributed by atoms with E-state index >= 15 is 0 Å². The number of fused-ring (bicyclic) bond motifs is 1. The van der Waals surface area contributed by atoms with E-state index in [-0.39, 0.29) is 11.7 Å². The van der Waals surface area contributed by atoms with E-state index < -0.39 is 11.8 Å². The first-order valence-corrected chi connectivity index (χ1v) is 10.2. The molecule has 1 aromatic carbocycles. The van der Waals surface area contributed by atoms with Crippen molar-refractivity contribution in [2.24, 2.45) is 10.9 Å². The van der Waals surface area contributed by atoms with Gasteiger partial charge < -0.3 is 5.32 Å². The number of amides is 1. The summed E-state index contributed by atoms with van der Waals surface area (Å²) in [5.41, 5.74) is 2.48. The van der Waals surface area contributed by atoms with Crippen molar-refractivity contribution in [3.05, 3.63) is 69.5 Å². The molecule has 2 heterocycles. The Hall–Kier alpha value is -2.50. The second kappa shape index (κ2) is 8.09. The molecule has 2 aromatic rings. The maximum absolute atomic E-state index is 13.3. The zero-order valence-corrected chi connectivity index (χ0v) is 17.3. The average molecular weight is 428 g/mol. The first-order valence-electron chi connectivity index (χ1n) is 9.44. The van der Waals surface area contributed by atoms with Crippen LogP contribution in [0.5, 0.6) is 0 Å². The number of Topliss-reactive ketones (excluding diaryl/α,β-unsaturated/α-hetero) is 1. The largest absolute Gasteiger partial charge is 0.307 e. The van der Waals surface area contributed by atoms with E-state index in [9.17, 15) is 9.59 Å². The van der Waals surface area contributed by atoms with Crippen LogP contribution in [0.1, 0.15) is 37.7 Å². The number of halogens is 2. The van der Waals surface area contributed by atoms with Gasteiger partial charge in [-0.15, -0.1) is 0 Å². The van der Waals surface area contributed by atoms with Gasteiger partial charge in [-0.25, -0.2) is 4.98 Å². The maximum Gasteiger partial charge on any atom is 0.255 e. The van der Waals surface area contributed by atoms with Crippen molar-refractivity contribution in [2.45, 2.75) is 32.1 Å². The number of nitrogens with zero attached hydrogens (tertiary/aromatic N) is 2. The molecule has 1 aliphatic carbocycles. The van der Waals surface area contributed by atoms with Crippen LogP contribution in [0.2, 0.25) is 10.0 Å². The standard InChI is InChI=1S/C22H19Cl2N3O2/c1-12-18(22(29)27-17-10-2-3-11-25-17)19(13-6-4-7-14(23)21(13)24)20-15(26-12)8-5-9-16(20)28/h2-4,6-7,10-11,19-20H,5,8-9H2,1H3,(H,25,27,29). The average Bonchev–Trinajstić information content (AvgIpc) is 2.70. The Labute approximate surface area is 178 Å². The summed E-state index contributed by atoms with van der Waals surface area (Å²) in [6.07, 6.45) is 3.57. The van der Waals surface area contributed by atoms with Crippen molar-refractivity contribution in [3.8, 4) is 0 Å². The number of anilines is 1. The van der Waals surface area contributed by atoms with Gasteiger partial charge in [0.2, 0.25) is 0 Å². The monoisotopic (exact) mass is 427 g/mol. The number of hydrogen-bond donors (Lipinski definition) is 1. The summed E-state index contributed by atoms with van der Waals surface area (Å²) in [6.45, 7) is 1.79. The first-order chi connectivity index (χ1) is 14.0. The number of pyridine rings is 1. The van der Waals surface area contributed by atoms with Gasteiger partial charge in [-0.3, -0.25) is 14.6 Å². The molecule has 0 spiro atoms. The molecule has 1 amide bonds. The predicted octanol–water partition coefficient (Wildman–Crippen LogP) is 5.21. The highest BCUT2D eigenvalue weighted by Gasteiger charge is 2.44. The van der Waals surface area contributed by atoms with Crippen molar-refractivity contribution in [1.82, 2.24) is 4.98 Å². The molecule has 148 valence electrons. The fraction of sp³-hybridized carbons (Fsp3) is 0.273. The van der Waals surface area contributed by atoms with Gasteiger partial charge in [0.15, 0.2) is 0 Å². The van der Waals surface area contributed by atoms with Crippen molar-refractivity contribution in [1.29, 1.82) is 0 Å². The molecule has 1 saturated carbocycles. The van der Waals surface area contributed by atoms with Gasteiger partial charge in [-0.05, 0) is 43.5 Å². The van der Waals surface area contributed by atoms with Crippen LogP contribution in [-0.2, 0) is 9.59 Å². The summed E-state index contributed by atoms with van der Waals surface area (Å²) in [5.74, 6) is -0.883.